The number of ether oxygens (including phenoxy) is 1. The van der Waals surface area contributed by atoms with Crippen LogP contribution in [0.5, 0.6) is 5.75 Å². The highest BCUT2D eigenvalue weighted by Gasteiger charge is 2.20. The number of carbonyl (C=O) groups excluding carboxylic acids is 1. The summed E-state index contributed by atoms with van der Waals surface area (Å²) in [6, 6.07) is 12.5. The van der Waals surface area contributed by atoms with Gasteiger partial charge < -0.3 is 15.0 Å². The van der Waals surface area contributed by atoms with Crippen LogP contribution in [0.4, 0.5) is 0 Å². The Morgan fingerprint density at radius 2 is 1.86 bits per heavy atom. The van der Waals surface area contributed by atoms with E-state index in [-0.39, 0.29) is 23.4 Å². The Balaban J connectivity index is 1.92. The van der Waals surface area contributed by atoms with E-state index in [1.54, 1.807) is 32.4 Å². The lowest BCUT2D eigenvalue weighted by Crippen LogP contribution is -2.31. The Morgan fingerprint density at radius 1 is 1.18 bits per heavy atom. The molecule has 1 atom stereocenters. The largest absolute Gasteiger partial charge is 0.497 e. The molecule has 0 aliphatic heterocycles. The molecule has 6 nitrogen and oxygen atoms in total. The number of methoxy groups -OCH3 is 1. The number of hydrogen-bond acceptors (Lipinski definition) is 4. The van der Waals surface area contributed by atoms with Crippen molar-refractivity contribution >= 4 is 29.0 Å². The second-order valence-corrected chi connectivity index (χ2v) is 7.41. The minimum atomic E-state index is -0.212. The first kappa shape index (κ1) is 19.8. The number of rotatable bonds is 5. The van der Waals surface area contributed by atoms with Gasteiger partial charge in [0, 0.05) is 12.6 Å². The van der Waals surface area contributed by atoms with Gasteiger partial charge in [-0.1, -0.05) is 26.0 Å². The van der Waals surface area contributed by atoms with Gasteiger partial charge in [-0.15, -0.1) is 0 Å². The van der Waals surface area contributed by atoms with Crippen molar-refractivity contribution in [3.63, 3.8) is 0 Å². The molecule has 3 aromatic rings. The first-order chi connectivity index (χ1) is 13.3. The van der Waals surface area contributed by atoms with Gasteiger partial charge in [-0.25, -0.2) is 0 Å². The van der Waals surface area contributed by atoms with Crippen molar-refractivity contribution in [2.24, 2.45) is 13.0 Å². The van der Waals surface area contributed by atoms with Gasteiger partial charge in [0.25, 0.3) is 11.5 Å². The number of hydrogen-bond donors (Lipinski definition) is 2. The minimum Gasteiger partial charge on any atom is -0.497 e. The maximum Gasteiger partial charge on any atom is 0.261 e. The van der Waals surface area contributed by atoms with Crippen molar-refractivity contribution in [1.29, 1.82) is 0 Å². The molecule has 0 aliphatic rings. The summed E-state index contributed by atoms with van der Waals surface area (Å²) in [7, 11) is 3.23. The zero-order valence-electron chi connectivity index (χ0n) is 16.3. The molecule has 1 heterocycles. The predicted molar refractivity (Wildman–Crippen MR) is 112 cm³/mol. The van der Waals surface area contributed by atoms with E-state index < -0.39 is 0 Å². The van der Waals surface area contributed by atoms with E-state index in [1.807, 2.05) is 24.3 Å². The Labute approximate surface area is 168 Å². The average molecular weight is 398 g/mol. The van der Waals surface area contributed by atoms with E-state index in [9.17, 15) is 9.59 Å². The number of nitrogens with one attached hydrogen (secondary N) is 2. The fourth-order valence-corrected chi connectivity index (χ4v) is 3.31. The summed E-state index contributed by atoms with van der Waals surface area (Å²) < 4.78 is 6.89. The third kappa shape index (κ3) is 3.84. The topological polar surface area (TPSA) is 76.1 Å². The summed E-state index contributed by atoms with van der Waals surface area (Å²) in [6.45, 7) is 4.10. The van der Waals surface area contributed by atoms with Crippen molar-refractivity contribution in [3.8, 4) is 5.75 Å². The minimum absolute atomic E-state index is 0.156. The quantitative estimate of drug-likeness (QED) is 0.643. The van der Waals surface area contributed by atoms with E-state index in [0.717, 1.165) is 11.3 Å². The summed E-state index contributed by atoms with van der Waals surface area (Å²) in [5, 5.41) is 3.58. The standard InChI is InChI=1S/C21H23N3O3S/c1-12(2)18(13-5-8-15(27-4)9-6-13)23-19(25)14-7-10-16-17(11-14)22-21(28)24(3)20(16)26/h5-12,18H,1-4H3,(H,22,28)(H,23,25). The molecule has 2 aromatic carbocycles. The summed E-state index contributed by atoms with van der Waals surface area (Å²) in [5.74, 6) is 0.747. The Bertz CT molecular complexity index is 1130. The van der Waals surface area contributed by atoms with Crippen LogP contribution in [-0.2, 0) is 7.05 Å². The van der Waals surface area contributed by atoms with Crippen LogP contribution < -0.4 is 15.6 Å². The fraction of sp³-hybridized carbons (Fsp3) is 0.286. The lowest BCUT2D eigenvalue weighted by molar-refractivity contribution is 0.0925. The van der Waals surface area contributed by atoms with Crippen LogP contribution in [-0.4, -0.2) is 22.6 Å². The van der Waals surface area contributed by atoms with Crippen LogP contribution in [0.2, 0.25) is 0 Å². The van der Waals surface area contributed by atoms with Crippen LogP contribution >= 0.6 is 12.2 Å². The van der Waals surface area contributed by atoms with Crippen LogP contribution in [0, 0.1) is 10.7 Å². The molecule has 1 amide bonds. The number of amides is 1. The zero-order chi connectivity index (χ0) is 20.4. The number of nitrogens with zero attached hydrogens (tertiary/aromatic N) is 1. The highest BCUT2D eigenvalue weighted by molar-refractivity contribution is 7.71. The number of H-pyrrole nitrogens is 1. The molecule has 0 fully saturated rings. The van der Waals surface area contributed by atoms with E-state index in [2.05, 4.69) is 24.1 Å². The second-order valence-electron chi connectivity index (χ2n) is 7.02. The third-order valence-corrected chi connectivity index (χ3v) is 5.17. The number of aromatic nitrogens is 2. The number of aromatic amines is 1. The molecule has 7 heteroatoms. The first-order valence-electron chi connectivity index (χ1n) is 8.99. The lowest BCUT2D eigenvalue weighted by Gasteiger charge is -2.23. The first-order valence-corrected chi connectivity index (χ1v) is 9.40. The number of fused-ring (bicyclic) bond motifs is 1. The smallest absolute Gasteiger partial charge is 0.261 e. The number of carbonyl (C=O) groups is 1. The van der Waals surface area contributed by atoms with Crippen molar-refractivity contribution in [2.45, 2.75) is 19.9 Å². The van der Waals surface area contributed by atoms with E-state index in [0.29, 0.717) is 21.2 Å². The molecule has 1 aromatic heterocycles. The molecule has 3 rings (SSSR count). The van der Waals surface area contributed by atoms with Crippen molar-refractivity contribution in [2.75, 3.05) is 7.11 Å². The molecule has 1 unspecified atom stereocenters. The highest BCUT2D eigenvalue weighted by Crippen LogP contribution is 2.24. The second kappa shape index (κ2) is 7.98. The van der Waals surface area contributed by atoms with E-state index >= 15 is 0 Å². The normalized spacial score (nSPS) is 12.2. The summed E-state index contributed by atoms with van der Waals surface area (Å²) >= 11 is 5.16. The van der Waals surface area contributed by atoms with Gasteiger partial charge >= 0.3 is 0 Å². The highest BCUT2D eigenvalue weighted by atomic mass is 32.1. The van der Waals surface area contributed by atoms with Crippen molar-refractivity contribution in [3.05, 3.63) is 68.7 Å². The van der Waals surface area contributed by atoms with Crippen LogP contribution in [0.25, 0.3) is 10.9 Å². The molecule has 0 aliphatic carbocycles. The molecule has 28 heavy (non-hydrogen) atoms. The molecule has 0 saturated carbocycles. The molecule has 146 valence electrons. The summed E-state index contributed by atoms with van der Waals surface area (Å²) in [6.07, 6.45) is 0. The maximum atomic E-state index is 12.9. The molecular formula is C21H23N3O3S. The third-order valence-electron chi connectivity index (χ3n) is 4.79. The van der Waals surface area contributed by atoms with E-state index in [4.69, 9.17) is 17.0 Å². The van der Waals surface area contributed by atoms with Gasteiger partial charge in [-0.3, -0.25) is 14.2 Å². The van der Waals surface area contributed by atoms with Crippen LogP contribution in [0.3, 0.4) is 0 Å². The van der Waals surface area contributed by atoms with Crippen LogP contribution in [0.1, 0.15) is 35.8 Å². The summed E-state index contributed by atoms with van der Waals surface area (Å²) in [5.41, 5.74) is 1.82. The van der Waals surface area contributed by atoms with Gasteiger partial charge in [0.05, 0.1) is 24.1 Å². The molecule has 0 saturated heterocycles. The average Bonchev–Trinajstić information content (AvgIpc) is 2.69. The fourth-order valence-electron chi connectivity index (χ4n) is 3.12. The molecule has 0 bridgehead atoms. The van der Waals surface area contributed by atoms with Gasteiger partial charge in [0.2, 0.25) is 0 Å². The maximum absolute atomic E-state index is 12.9. The molecule has 0 spiro atoms. The zero-order valence-corrected chi connectivity index (χ0v) is 17.1. The Hall–Kier alpha value is -2.93. The van der Waals surface area contributed by atoms with Crippen molar-refractivity contribution < 1.29 is 9.53 Å². The number of benzene rings is 2. The molecule has 2 N–H and O–H groups in total. The Kier molecular flexibility index (Phi) is 5.65. The van der Waals surface area contributed by atoms with Gasteiger partial charge in [0.15, 0.2) is 4.77 Å². The summed E-state index contributed by atoms with van der Waals surface area (Å²) in [4.78, 5) is 28.2. The van der Waals surface area contributed by atoms with Gasteiger partial charge in [-0.2, -0.15) is 0 Å². The predicted octanol–water partition coefficient (Wildman–Crippen LogP) is 3.73. The van der Waals surface area contributed by atoms with Crippen LogP contribution in [0.15, 0.2) is 47.3 Å². The monoisotopic (exact) mass is 397 g/mol. The molecular weight excluding hydrogens is 374 g/mol. The lowest BCUT2D eigenvalue weighted by atomic mass is 9.95. The van der Waals surface area contributed by atoms with Gasteiger partial charge in [0.1, 0.15) is 5.75 Å². The van der Waals surface area contributed by atoms with Crippen molar-refractivity contribution in [1.82, 2.24) is 14.9 Å². The Morgan fingerprint density at radius 3 is 2.46 bits per heavy atom. The van der Waals surface area contributed by atoms with Gasteiger partial charge in [-0.05, 0) is 54.0 Å². The van der Waals surface area contributed by atoms with E-state index in [1.165, 1.54) is 4.57 Å². The molecule has 0 radical (unpaired) electrons. The SMILES string of the molecule is COc1ccc(C(NC(=O)c2ccc3c(=O)n(C)c(=S)[nH]c3c2)C(C)C)cc1.